The third-order valence-electron chi connectivity index (χ3n) is 7.32. The van der Waals surface area contributed by atoms with Crippen LogP contribution in [0.3, 0.4) is 0 Å². The summed E-state index contributed by atoms with van der Waals surface area (Å²) in [6.07, 6.45) is 0. The number of furan rings is 1. The first-order valence-corrected chi connectivity index (χ1v) is 11.8. The van der Waals surface area contributed by atoms with E-state index in [4.69, 9.17) is 13.7 Å². The molecule has 0 aliphatic carbocycles. The Balaban J connectivity index is 1.40. The third kappa shape index (κ3) is 3.37. The molecule has 34 heavy (non-hydrogen) atoms. The summed E-state index contributed by atoms with van der Waals surface area (Å²) in [5.41, 5.74) is 6.64. The minimum absolute atomic E-state index is 0.362. The van der Waals surface area contributed by atoms with Crippen molar-refractivity contribution in [3.8, 4) is 22.3 Å². The van der Waals surface area contributed by atoms with E-state index in [1.165, 1.54) is 0 Å². The lowest BCUT2D eigenvalue weighted by atomic mass is 9.78. The van der Waals surface area contributed by atoms with Crippen molar-refractivity contribution >= 4 is 34.5 Å². The SMILES string of the molecule is CC1(C)OB(c2cccc(-c3cccc(-c4cccc5c4oc4ccccc45)c3)c2)OC1(C)C. The van der Waals surface area contributed by atoms with Crippen LogP contribution in [0.5, 0.6) is 0 Å². The third-order valence-corrected chi connectivity index (χ3v) is 7.32. The van der Waals surface area contributed by atoms with E-state index in [1.54, 1.807) is 0 Å². The van der Waals surface area contributed by atoms with E-state index in [0.29, 0.717) is 0 Å². The smallest absolute Gasteiger partial charge is 0.455 e. The van der Waals surface area contributed by atoms with Crippen LogP contribution in [0.1, 0.15) is 27.7 Å². The second-order valence-electron chi connectivity index (χ2n) is 10.1. The predicted molar refractivity (Wildman–Crippen MR) is 140 cm³/mol. The largest absolute Gasteiger partial charge is 0.494 e. The highest BCUT2D eigenvalue weighted by atomic mass is 16.7. The van der Waals surface area contributed by atoms with Crippen LogP contribution in [0.15, 0.2) is 95.4 Å². The van der Waals surface area contributed by atoms with Crippen molar-refractivity contribution in [3.63, 3.8) is 0 Å². The minimum Gasteiger partial charge on any atom is -0.455 e. The van der Waals surface area contributed by atoms with Gasteiger partial charge in [0.15, 0.2) is 0 Å². The average Bonchev–Trinajstić information content (AvgIpc) is 3.32. The molecule has 1 aliphatic rings. The summed E-state index contributed by atoms with van der Waals surface area (Å²) in [6.45, 7) is 8.33. The Hall–Kier alpha value is -3.34. The Kier molecular flexibility index (Phi) is 4.74. The van der Waals surface area contributed by atoms with Crippen LogP contribution in [-0.4, -0.2) is 18.3 Å². The van der Waals surface area contributed by atoms with Crippen molar-refractivity contribution in [2.45, 2.75) is 38.9 Å². The van der Waals surface area contributed by atoms with Gasteiger partial charge in [-0.15, -0.1) is 0 Å². The first-order chi connectivity index (χ1) is 16.3. The average molecular weight is 446 g/mol. The number of rotatable bonds is 3. The summed E-state index contributed by atoms with van der Waals surface area (Å²) in [4.78, 5) is 0. The van der Waals surface area contributed by atoms with Crippen LogP contribution < -0.4 is 5.46 Å². The standard InChI is InChI=1S/C30H27BO3/c1-29(2)30(3,4)34-31(33-29)23-13-8-11-21(19-23)20-10-7-12-22(18-20)24-15-9-16-26-25-14-5-6-17-27(25)32-28(24)26/h5-19H,1-4H3. The van der Waals surface area contributed by atoms with Crippen molar-refractivity contribution in [2.24, 2.45) is 0 Å². The van der Waals surface area contributed by atoms with E-state index < -0.39 is 0 Å². The summed E-state index contributed by atoms with van der Waals surface area (Å²) in [5.74, 6) is 0. The fourth-order valence-corrected chi connectivity index (χ4v) is 4.68. The van der Waals surface area contributed by atoms with Gasteiger partial charge < -0.3 is 13.7 Å². The first kappa shape index (κ1) is 21.2. The molecule has 2 heterocycles. The van der Waals surface area contributed by atoms with E-state index in [9.17, 15) is 0 Å². The summed E-state index contributed by atoms with van der Waals surface area (Å²) < 4.78 is 18.8. The summed E-state index contributed by atoms with van der Waals surface area (Å²) >= 11 is 0. The lowest BCUT2D eigenvalue weighted by Crippen LogP contribution is -2.41. The Morgan fingerprint density at radius 1 is 0.588 bits per heavy atom. The molecule has 0 radical (unpaired) electrons. The van der Waals surface area contributed by atoms with E-state index in [2.05, 4.69) is 107 Å². The molecule has 0 amide bonds. The Labute approximate surface area is 200 Å². The van der Waals surface area contributed by atoms with Crippen LogP contribution in [-0.2, 0) is 9.31 Å². The second kappa shape index (κ2) is 7.59. The monoisotopic (exact) mass is 446 g/mol. The van der Waals surface area contributed by atoms with E-state index in [0.717, 1.165) is 49.7 Å². The molecule has 0 bridgehead atoms. The molecule has 168 valence electrons. The predicted octanol–water partition coefficient (Wildman–Crippen LogP) is 7.22. The molecule has 0 unspecified atom stereocenters. The lowest BCUT2D eigenvalue weighted by molar-refractivity contribution is 0.00578. The molecule has 1 aromatic heterocycles. The highest BCUT2D eigenvalue weighted by Crippen LogP contribution is 2.38. The molecular formula is C30H27BO3. The van der Waals surface area contributed by atoms with Crippen LogP contribution in [0.25, 0.3) is 44.2 Å². The number of fused-ring (bicyclic) bond motifs is 3. The van der Waals surface area contributed by atoms with Gasteiger partial charge in [0.2, 0.25) is 0 Å². The van der Waals surface area contributed by atoms with Crippen LogP contribution >= 0.6 is 0 Å². The molecular weight excluding hydrogens is 419 g/mol. The van der Waals surface area contributed by atoms with Crippen molar-refractivity contribution < 1.29 is 13.7 Å². The zero-order valence-corrected chi connectivity index (χ0v) is 20.0. The molecule has 1 fully saturated rings. The van der Waals surface area contributed by atoms with E-state index in [1.807, 2.05) is 12.1 Å². The van der Waals surface area contributed by atoms with Crippen LogP contribution in [0.2, 0.25) is 0 Å². The van der Waals surface area contributed by atoms with Crippen molar-refractivity contribution in [3.05, 3.63) is 91.0 Å². The number of hydrogen-bond donors (Lipinski definition) is 0. The molecule has 0 atom stereocenters. The van der Waals surface area contributed by atoms with Crippen molar-refractivity contribution in [1.82, 2.24) is 0 Å². The molecule has 4 aromatic carbocycles. The number of hydrogen-bond acceptors (Lipinski definition) is 3. The van der Waals surface area contributed by atoms with Gasteiger partial charge in [0.05, 0.1) is 11.2 Å². The quantitative estimate of drug-likeness (QED) is 0.274. The van der Waals surface area contributed by atoms with Gasteiger partial charge in [0.1, 0.15) is 11.2 Å². The molecule has 0 N–H and O–H groups in total. The van der Waals surface area contributed by atoms with Crippen molar-refractivity contribution in [2.75, 3.05) is 0 Å². The molecule has 6 rings (SSSR count). The molecule has 0 spiro atoms. The molecule has 3 nitrogen and oxygen atoms in total. The maximum Gasteiger partial charge on any atom is 0.494 e. The molecule has 1 saturated heterocycles. The molecule has 4 heteroatoms. The topological polar surface area (TPSA) is 31.6 Å². The van der Waals surface area contributed by atoms with Gasteiger partial charge in [-0.05, 0) is 62.0 Å². The summed E-state index contributed by atoms with van der Waals surface area (Å²) in [7, 11) is -0.377. The summed E-state index contributed by atoms with van der Waals surface area (Å²) in [6, 6.07) is 31.6. The van der Waals surface area contributed by atoms with Crippen LogP contribution in [0.4, 0.5) is 0 Å². The van der Waals surface area contributed by atoms with Gasteiger partial charge in [-0.2, -0.15) is 0 Å². The highest BCUT2D eigenvalue weighted by Gasteiger charge is 2.51. The van der Waals surface area contributed by atoms with E-state index in [-0.39, 0.29) is 18.3 Å². The van der Waals surface area contributed by atoms with Gasteiger partial charge in [0, 0.05) is 16.3 Å². The van der Waals surface area contributed by atoms with Gasteiger partial charge in [0.25, 0.3) is 0 Å². The Morgan fingerprint density at radius 3 is 2.00 bits per heavy atom. The first-order valence-electron chi connectivity index (χ1n) is 11.8. The van der Waals surface area contributed by atoms with E-state index >= 15 is 0 Å². The van der Waals surface area contributed by atoms with Gasteiger partial charge in [-0.1, -0.05) is 78.9 Å². The minimum atomic E-state index is -0.377. The molecule has 1 aliphatic heterocycles. The Morgan fingerprint density at radius 2 is 1.21 bits per heavy atom. The molecule has 5 aromatic rings. The lowest BCUT2D eigenvalue weighted by Gasteiger charge is -2.32. The highest BCUT2D eigenvalue weighted by molar-refractivity contribution is 6.62. The number of para-hydroxylation sites is 2. The van der Waals surface area contributed by atoms with Gasteiger partial charge in [-0.25, -0.2) is 0 Å². The fourth-order valence-electron chi connectivity index (χ4n) is 4.68. The normalized spacial score (nSPS) is 17.0. The van der Waals surface area contributed by atoms with Crippen LogP contribution in [0, 0.1) is 0 Å². The maximum atomic E-state index is 6.28. The zero-order chi connectivity index (χ0) is 23.5. The Bertz CT molecular complexity index is 1510. The zero-order valence-electron chi connectivity index (χ0n) is 20.0. The molecule has 0 saturated carbocycles. The summed E-state index contributed by atoms with van der Waals surface area (Å²) in [5, 5.41) is 2.28. The second-order valence-corrected chi connectivity index (χ2v) is 10.1. The van der Waals surface area contributed by atoms with Gasteiger partial charge in [-0.3, -0.25) is 0 Å². The maximum absolute atomic E-state index is 6.28. The van der Waals surface area contributed by atoms with Crippen molar-refractivity contribution in [1.29, 1.82) is 0 Å². The number of benzene rings is 4. The van der Waals surface area contributed by atoms with Gasteiger partial charge >= 0.3 is 7.12 Å². The fraction of sp³-hybridized carbons (Fsp3) is 0.200.